The molecule has 1 aliphatic heterocycles. The molecule has 0 radical (unpaired) electrons. The van der Waals surface area contributed by atoms with E-state index in [2.05, 4.69) is 4.90 Å². The standard InChI is InChI=1S/C27H26N4O5S/c1-20-6-12-23(13-7-20)37(35,36)26-18-30(25-5-3-2-4-24(25)26)19-27(32)29-16-14-28(15-17-29)21-8-10-22(11-9-21)31(33)34/h2-13,18H,14-17,19H2,1H3. The van der Waals surface area contributed by atoms with Crippen molar-refractivity contribution in [2.75, 3.05) is 31.1 Å². The third kappa shape index (κ3) is 4.79. The van der Waals surface area contributed by atoms with Gasteiger partial charge in [0.15, 0.2) is 0 Å². The van der Waals surface area contributed by atoms with Gasteiger partial charge in [-0.2, -0.15) is 0 Å². The van der Waals surface area contributed by atoms with E-state index in [0.717, 1.165) is 11.3 Å². The predicted octanol–water partition coefficient (Wildman–Crippen LogP) is 4.04. The number of fused-ring (bicyclic) bond motifs is 1. The maximum absolute atomic E-state index is 13.4. The molecule has 1 saturated heterocycles. The van der Waals surface area contributed by atoms with E-state index in [1.165, 1.54) is 12.1 Å². The Labute approximate surface area is 214 Å². The number of piperazine rings is 1. The van der Waals surface area contributed by atoms with Crippen molar-refractivity contribution >= 4 is 38.0 Å². The highest BCUT2D eigenvalue weighted by atomic mass is 32.2. The van der Waals surface area contributed by atoms with E-state index < -0.39 is 14.8 Å². The maximum atomic E-state index is 13.4. The second-order valence-corrected chi connectivity index (χ2v) is 11.0. The highest BCUT2D eigenvalue weighted by molar-refractivity contribution is 7.91. The lowest BCUT2D eigenvalue weighted by Crippen LogP contribution is -2.49. The van der Waals surface area contributed by atoms with Crippen molar-refractivity contribution in [3.05, 3.63) is 94.7 Å². The van der Waals surface area contributed by atoms with Gasteiger partial charge in [0.05, 0.1) is 14.7 Å². The van der Waals surface area contributed by atoms with Gasteiger partial charge in [-0.3, -0.25) is 14.9 Å². The summed E-state index contributed by atoms with van der Waals surface area (Å²) in [6, 6.07) is 20.3. The Morgan fingerprint density at radius 1 is 0.919 bits per heavy atom. The molecule has 37 heavy (non-hydrogen) atoms. The van der Waals surface area contributed by atoms with Crippen LogP contribution in [0.15, 0.2) is 88.8 Å². The summed E-state index contributed by atoms with van der Waals surface area (Å²) in [5, 5.41) is 11.5. The van der Waals surface area contributed by atoms with E-state index in [-0.39, 0.29) is 27.9 Å². The Morgan fingerprint density at radius 2 is 1.57 bits per heavy atom. The second-order valence-electron chi connectivity index (χ2n) is 9.10. The van der Waals surface area contributed by atoms with Gasteiger partial charge in [-0.15, -0.1) is 0 Å². The molecule has 0 atom stereocenters. The number of sulfone groups is 1. The number of nitro groups is 1. The minimum atomic E-state index is -3.76. The van der Waals surface area contributed by atoms with Gasteiger partial charge < -0.3 is 14.4 Å². The quantitative estimate of drug-likeness (QED) is 0.282. The smallest absolute Gasteiger partial charge is 0.269 e. The lowest BCUT2D eigenvalue weighted by molar-refractivity contribution is -0.384. The summed E-state index contributed by atoms with van der Waals surface area (Å²) in [5.41, 5.74) is 2.58. The van der Waals surface area contributed by atoms with Crippen molar-refractivity contribution in [3.63, 3.8) is 0 Å². The van der Waals surface area contributed by atoms with Gasteiger partial charge in [0, 0.05) is 61.1 Å². The molecule has 2 heterocycles. The first kappa shape index (κ1) is 24.5. The number of aryl methyl sites for hydroxylation is 1. The van der Waals surface area contributed by atoms with Crippen LogP contribution < -0.4 is 4.90 Å². The average Bonchev–Trinajstić information content (AvgIpc) is 3.28. The summed E-state index contributed by atoms with van der Waals surface area (Å²) in [7, 11) is -3.76. The van der Waals surface area contributed by atoms with Crippen molar-refractivity contribution in [3.8, 4) is 0 Å². The number of non-ortho nitro benzene ring substituents is 1. The molecular formula is C27H26N4O5S. The number of nitro benzene ring substituents is 1. The van der Waals surface area contributed by atoms with Crippen molar-refractivity contribution in [2.45, 2.75) is 23.3 Å². The molecule has 1 aliphatic rings. The lowest BCUT2D eigenvalue weighted by atomic mass is 10.2. The van der Waals surface area contributed by atoms with Gasteiger partial charge in [0.1, 0.15) is 6.54 Å². The molecule has 5 rings (SSSR count). The number of nitrogens with zero attached hydrogens (tertiary/aromatic N) is 4. The summed E-state index contributed by atoms with van der Waals surface area (Å²) in [5.74, 6) is -0.0941. The number of benzene rings is 3. The minimum absolute atomic E-state index is 0.0292. The van der Waals surface area contributed by atoms with Crippen LogP contribution in [0.2, 0.25) is 0 Å². The zero-order chi connectivity index (χ0) is 26.2. The number of carbonyl (C=O) groups excluding carboxylic acids is 1. The third-order valence-corrected chi connectivity index (χ3v) is 8.53. The van der Waals surface area contributed by atoms with E-state index in [1.54, 1.807) is 64.2 Å². The van der Waals surface area contributed by atoms with Crippen LogP contribution in [0.1, 0.15) is 5.56 Å². The molecule has 1 fully saturated rings. The topological polar surface area (TPSA) is 106 Å². The molecule has 0 saturated carbocycles. The van der Waals surface area contributed by atoms with Crippen LogP contribution in [-0.2, 0) is 21.2 Å². The second kappa shape index (κ2) is 9.70. The van der Waals surface area contributed by atoms with Gasteiger partial charge in [-0.1, -0.05) is 35.9 Å². The number of anilines is 1. The van der Waals surface area contributed by atoms with Crippen molar-refractivity contribution < 1.29 is 18.1 Å². The van der Waals surface area contributed by atoms with Crippen LogP contribution in [0.5, 0.6) is 0 Å². The van der Waals surface area contributed by atoms with Crippen molar-refractivity contribution in [1.82, 2.24) is 9.47 Å². The lowest BCUT2D eigenvalue weighted by Gasteiger charge is -2.36. The molecule has 4 aromatic rings. The normalized spacial score (nSPS) is 14.2. The first-order chi connectivity index (χ1) is 17.7. The fourth-order valence-corrected chi connectivity index (χ4v) is 6.12. The van der Waals surface area contributed by atoms with Crippen LogP contribution in [-0.4, -0.2) is 54.9 Å². The summed E-state index contributed by atoms with van der Waals surface area (Å²) < 4.78 is 28.6. The van der Waals surface area contributed by atoms with E-state index in [1.807, 2.05) is 19.1 Å². The molecule has 9 nitrogen and oxygen atoms in total. The van der Waals surface area contributed by atoms with E-state index in [0.29, 0.717) is 37.1 Å². The largest absolute Gasteiger partial charge is 0.368 e. The predicted molar refractivity (Wildman–Crippen MR) is 140 cm³/mol. The number of amides is 1. The summed E-state index contributed by atoms with van der Waals surface area (Å²) in [4.78, 5) is 27.9. The number of carbonyl (C=O) groups is 1. The molecule has 0 aliphatic carbocycles. The average molecular weight is 519 g/mol. The number of rotatable bonds is 6. The zero-order valence-corrected chi connectivity index (χ0v) is 21.1. The minimum Gasteiger partial charge on any atom is -0.368 e. The monoisotopic (exact) mass is 518 g/mol. The molecular weight excluding hydrogens is 492 g/mol. The number of para-hydroxylation sites is 1. The molecule has 3 aromatic carbocycles. The summed E-state index contributed by atoms with van der Waals surface area (Å²) in [6.07, 6.45) is 1.56. The highest BCUT2D eigenvalue weighted by Gasteiger charge is 2.26. The van der Waals surface area contributed by atoms with Crippen LogP contribution in [0, 0.1) is 17.0 Å². The molecule has 1 aromatic heterocycles. The van der Waals surface area contributed by atoms with Gasteiger partial charge in [-0.05, 0) is 37.3 Å². The fourth-order valence-electron chi connectivity index (χ4n) is 4.65. The van der Waals surface area contributed by atoms with Gasteiger partial charge in [0.2, 0.25) is 15.7 Å². The van der Waals surface area contributed by atoms with E-state index >= 15 is 0 Å². The first-order valence-corrected chi connectivity index (χ1v) is 13.4. The molecule has 190 valence electrons. The van der Waals surface area contributed by atoms with E-state index in [9.17, 15) is 23.3 Å². The zero-order valence-electron chi connectivity index (χ0n) is 20.3. The number of hydrogen-bond donors (Lipinski definition) is 0. The molecule has 0 N–H and O–H groups in total. The third-order valence-electron chi connectivity index (χ3n) is 6.74. The summed E-state index contributed by atoms with van der Waals surface area (Å²) >= 11 is 0. The van der Waals surface area contributed by atoms with Crippen LogP contribution in [0.3, 0.4) is 0 Å². The Balaban J connectivity index is 1.33. The number of aromatic nitrogens is 1. The van der Waals surface area contributed by atoms with Crippen LogP contribution in [0.25, 0.3) is 10.9 Å². The SMILES string of the molecule is Cc1ccc(S(=O)(=O)c2cn(CC(=O)N3CCN(c4ccc([N+](=O)[O-])cc4)CC3)c3ccccc23)cc1. The van der Waals surface area contributed by atoms with Gasteiger partial charge in [-0.25, -0.2) is 8.42 Å². The number of hydrogen-bond acceptors (Lipinski definition) is 6. The maximum Gasteiger partial charge on any atom is 0.269 e. The van der Waals surface area contributed by atoms with Crippen molar-refractivity contribution in [1.29, 1.82) is 0 Å². The van der Waals surface area contributed by atoms with Gasteiger partial charge in [0.25, 0.3) is 5.69 Å². The molecule has 0 unspecified atom stereocenters. The first-order valence-electron chi connectivity index (χ1n) is 11.9. The fraction of sp³-hybridized carbons (Fsp3) is 0.222. The Kier molecular flexibility index (Phi) is 6.43. The molecule has 0 spiro atoms. The summed E-state index contributed by atoms with van der Waals surface area (Å²) in [6.45, 7) is 4.14. The van der Waals surface area contributed by atoms with Crippen LogP contribution >= 0.6 is 0 Å². The highest BCUT2D eigenvalue weighted by Crippen LogP contribution is 2.30. The Morgan fingerprint density at radius 3 is 2.22 bits per heavy atom. The van der Waals surface area contributed by atoms with E-state index in [4.69, 9.17) is 0 Å². The Bertz CT molecular complexity index is 1570. The van der Waals surface area contributed by atoms with Gasteiger partial charge >= 0.3 is 0 Å². The molecule has 0 bridgehead atoms. The Hall–Kier alpha value is -4.18. The molecule has 1 amide bonds. The van der Waals surface area contributed by atoms with Crippen LogP contribution in [0.4, 0.5) is 11.4 Å². The molecule has 10 heteroatoms. The van der Waals surface area contributed by atoms with Crippen molar-refractivity contribution in [2.24, 2.45) is 0 Å².